The van der Waals surface area contributed by atoms with Crippen molar-refractivity contribution >= 4 is 11.9 Å². The van der Waals surface area contributed by atoms with Crippen molar-refractivity contribution in [2.45, 2.75) is 57.3 Å². The van der Waals surface area contributed by atoms with Crippen molar-refractivity contribution < 1.29 is 18.0 Å². The van der Waals surface area contributed by atoms with Crippen molar-refractivity contribution in [3.63, 3.8) is 0 Å². The van der Waals surface area contributed by atoms with E-state index >= 15 is 0 Å². The number of carbonyl (C=O) groups excluding carboxylic acids is 1. The van der Waals surface area contributed by atoms with Crippen LogP contribution in [0.15, 0.2) is 12.4 Å². The van der Waals surface area contributed by atoms with Gasteiger partial charge in [-0.2, -0.15) is 13.2 Å². The van der Waals surface area contributed by atoms with E-state index in [2.05, 4.69) is 39.4 Å². The zero-order chi connectivity index (χ0) is 22.4. The highest BCUT2D eigenvalue weighted by atomic mass is 19.4. The van der Waals surface area contributed by atoms with Crippen molar-refractivity contribution in [1.29, 1.82) is 0 Å². The number of rotatable bonds is 3. The van der Waals surface area contributed by atoms with E-state index in [-0.39, 0.29) is 29.1 Å². The number of fused-ring (bicyclic) bond motifs is 1. The molecule has 2 aliphatic rings. The molecule has 0 radical (unpaired) electrons. The number of anilines is 1. The van der Waals surface area contributed by atoms with Gasteiger partial charge in [-0.15, -0.1) is 0 Å². The van der Waals surface area contributed by atoms with Gasteiger partial charge in [-0.1, -0.05) is 0 Å². The Kier molecular flexibility index (Phi) is 5.45. The predicted octanol–water partition coefficient (Wildman–Crippen LogP) is 3.45. The molecule has 4 rings (SSSR count). The Morgan fingerprint density at radius 1 is 1.32 bits per heavy atom. The molecule has 31 heavy (non-hydrogen) atoms. The largest absolute Gasteiger partial charge is 0.419 e. The first kappa shape index (κ1) is 21.6. The molecule has 3 N–H and O–H groups in total. The number of hydrogen-bond donors (Lipinski definition) is 3. The molecular weight excluding hydrogens is 409 g/mol. The summed E-state index contributed by atoms with van der Waals surface area (Å²) in [6.07, 6.45) is 0.624. The molecule has 7 nitrogen and oxygen atoms in total. The van der Waals surface area contributed by atoms with E-state index < -0.39 is 11.7 Å². The number of amides is 1. The molecule has 2 aromatic heterocycles. The maximum atomic E-state index is 13.8. The zero-order valence-corrected chi connectivity index (χ0v) is 17.9. The second-order valence-corrected chi connectivity index (χ2v) is 8.98. The molecule has 1 fully saturated rings. The summed E-state index contributed by atoms with van der Waals surface area (Å²) >= 11 is 0. The maximum absolute atomic E-state index is 13.8. The van der Waals surface area contributed by atoms with Gasteiger partial charge >= 0.3 is 6.18 Å². The lowest BCUT2D eigenvalue weighted by Gasteiger charge is -2.36. The van der Waals surface area contributed by atoms with Crippen LogP contribution in [-0.2, 0) is 12.6 Å². The fourth-order valence-corrected chi connectivity index (χ4v) is 4.20. The van der Waals surface area contributed by atoms with Crippen LogP contribution in [-0.4, -0.2) is 57.5 Å². The van der Waals surface area contributed by atoms with Crippen molar-refractivity contribution in [3.05, 3.63) is 29.2 Å². The SMILES string of the molecule is CN1CCCc2c(-c3nc(NC4CCC(C)(C)NC4)ncc3C(F)(F)F)c[nH]c2C1=O. The number of nitrogens with one attached hydrogen (secondary N) is 3. The van der Waals surface area contributed by atoms with Gasteiger partial charge in [0.1, 0.15) is 11.3 Å². The van der Waals surface area contributed by atoms with Crippen LogP contribution in [0.3, 0.4) is 0 Å². The number of aromatic nitrogens is 3. The Bertz CT molecular complexity index is 974. The molecule has 0 saturated carbocycles. The molecule has 0 spiro atoms. The van der Waals surface area contributed by atoms with Gasteiger partial charge < -0.3 is 20.5 Å². The molecular formula is C21H27F3N6O. The van der Waals surface area contributed by atoms with Crippen LogP contribution in [0.2, 0.25) is 0 Å². The van der Waals surface area contributed by atoms with E-state index in [0.717, 1.165) is 19.0 Å². The quantitative estimate of drug-likeness (QED) is 0.686. The van der Waals surface area contributed by atoms with E-state index in [1.165, 1.54) is 6.20 Å². The highest BCUT2D eigenvalue weighted by molar-refractivity contribution is 5.96. The topological polar surface area (TPSA) is 85.9 Å². The van der Waals surface area contributed by atoms with Crippen molar-refractivity contribution in [1.82, 2.24) is 25.2 Å². The number of hydrogen-bond acceptors (Lipinski definition) is 5. The van der Waals surface area contributed by atoms with Gasteiger partial charge in [0.2, 0.25) is 5.95 Å². The Morgan fingerprint density at radius 3 is 2.77 bits per heavy atom. The van der Waals surface area contributed by atoms with Crippen LogP contribution in [0.25, 0.3) is 11.3 Å². The molecule has 0 aromatic carbocycles. The summed E-state index contributed by atoms with van der Waals surface area (Å²) in [4.78, 5) is 25.2. The van der Waals surface area contributed by atoms with Crippen molar-refractivity contribution in [2.24, 2.45) is 0 Å². The lowest BCUT2D eigenvalue weighted by molar-refractivity contribution is -0.137. The second kappa shape index (κ2) is 7.81. The number of nitrogens with zero attached hydrogens (tertiary/aromatic N) is 3. The molecule has 0 bridgehead atoms. The molecule has 1 amide bonds. The Balaban J connectivity index is 1.71. The lowest BCUT2D eigenvalue weighted by Crippen LogP contribution is -2.50. The Morgan fingerprint density at radius 2 is 2.10 bits per heavy atom. The molecule has 1 atom stereocenters. The first-order chi connectivity index (χ1) is 14.5. The normalized spacial score (nSPS) is 21.5. The van der Waals surface area contributed by atoms with Gasteiger partial charge in [-0.05, 0) is 45.1 Å². The molecule has 10 heteroatoms. The highest BCUT2D eigenvalue weighted by Gasteiger charge is 2.37. The first-order valence-corrected chi connectivity index (χ1v) is 10.5. The van der Waals surface area contributed by atoms with Crippen molar-refractivity contribution in [3.8, 4) is 11.3 Å². The number of carbonyl (C=O) groups is 1. The summed E-state index contributed by atoms with van der Waals surface area (Å²) in [5, 5.41) is 6.59. The van der Waals surface area contributed by atoms with Crippen LogP contribution in [0.1, 0.15) is 54.7 Å². The van der Waals surface area contributed by atoms with E-state index in [4.69, 9.17) is 0 Å². The maximum Gasteiger partial charge on any atom is 0.419 e. The fourth-order valence-electron chi connectivity index (χ4n) is 4.20. The van der Waals surface area contributed by atoms with E-state index in [0.29, 0.717) is 42.8 Å². The van der Waals surface area contributed by atoms with Crippen LogP contribution < -0.4 is 10.6 Å². The zero-order valence-electron chi connectivity index (χ0n) is 17.9. The van der Waals surface area contributed by atoms with Gasteiger partial charge in [0, 0.05) is 49.7 Å². The molecule has 4 heterocycles. The average molecular weight is 436 g/mol. The molecule has 1 unspecified atom stereocenters. The monoisotopic (exact) mass is 436 g/mol. The highest BCUT2D eigenvalue weighted by Crippen LogP contribution is 2.39. The summed E-state index contributed by atoms with van der Waals surface area (Å²) in [7, 11) is 1.69. The van der Waals surface area contributed by atoms with Gasteiger partial charge in [-0.25, -0.2) is 9.97 Å². The van der Waals surface area contributed by atoms with Gasteiger partial charge in [0.05, 0.1) is 5.69 Å². The number of halogens is 3. The third kappa shape index (κ3) is 4.39. The molecule has 2 aromatic rings. The molecule has 2 aliphatic heterocycles. The minimum absolute atomic E-state index is 0.0242. The number of alkyl halides is 3. The number of H-pyrrole nitrogens is 1. The number of aromatic amines is 1. The summed E-state index contributed by atoms with van der Waals surface area (Å²) in [5.74, 6) is -0.0721. The van der Waals surface area contributed by atoms with Crippen molar-refractivity contribution in [2.75, 3.05) is 25.5 Å². The summed E-state index contributed by atoms with van der Waals surface area (Å²) < 4.78 is 41.3. The van der Waals surface area contributed by atoms with Crippen LogP contribution in [0, 0.1) is 0 Å². The van der Waals surface area contributed by atoms with Crippen LogP contribution in [0.5, 0.6) is 0 Å². The Hall–Kier alpha value is -2.62. The average Bonchev–Trinajstić information content (AvgIpc) is 3.06. The van der Waals surface area contributed by atoms with Crippen LogP contribution in [0.4, 0.5) is 19.1 Å². The third-order valence-electron chi connectivity index (χ3n) is 6.10. The molecule has 0 aliphatic carbocycles. The summed E-state index contributed by atoms with van der Waals surface area (Å²) in [5.41, 5.74) is 0.129. The van der Waals surface area contributed by atoms with Gasteiger partial charge in [-0.3, -0.25) is 4.79 Å². The van der Waals surface area contributed by atoms with E-state index in [9.17, 15) is 18.0 Å². The third-order valence-corrected chi connectivity index (χ3v) is 6.10. The summed E-state index contributed by atoms with van der Waals surface area (Å²) in [6, 6.07) is 0.0242. The first-order valence-electron chi connectivity index (χ1n) is 10.5. The van der Waals surface area contributed by atoms with E-state index in [1.807, 2.05) is 0 Å². The summed E-state index contributed by atoms with van der Waals surface area (Å²) in [6.45, 7) is 5.46. The fraction of sp³-hybridized carbons (Fsp3) is 0.571. The minimum atomic E-state index is -4.61. The lowest BCUT2D eigenvalue weighted by atomic mass is 9.91. The number of piperidine rings is 1. The van der Waals surface area contributed by atoms with Gasteiger partial charge in [0.25, 0.3) is 5.91 Å². The second-order valence-electron chi connectivity index (χ2n) is 8.98. The smallest absolute Gasteiger partial charge is 0.356 e. The molecule has 1 saturated heterocycles. The minimum Gasteiger partial charge on any atom is -0.356 e. The van der Waals surface area contributed by atoms with E-state index in [1.54, 1.807) is 11.9 Å². The van der Waals surface area contributed by atoms with Crippen LogP contribution >= 0.6 is 0 Å². The standard InChI is InChI=1S/C21H27F3N6O/c1-20(2)7-6-12(9-27-20)28-19-26-11-15(21(22,23)24)16(29-19)14-10-25-17-13(14)5-4-8-30(3)18(17)31/h10-12,25,27H,4-9H2,1-3H3,(H,26,28,29). The molecule has 168 valence electrons. The Labute approximate surface area is 178 Å². The predicted molar refractivity (Wildman–Crippen MR) is 111 cm³/mol. The van der Waals surface area contributed by atoms with Gasteiger partial charge in [0.15, 0.2) is 0 Å².